The van der Waals surface area contributed by atoms with E-state index in [9.17, 15) is 5.11 Å². The van der Waals surface area contributed by atoms with Crippen molar-refractivity contribution in [3.05, 3.63) is 48.7 Å². The lowest BCUT2D eigenvalue weighted by atomic mass is 10.1. The van der Waals surface area contributed by atoms with Crippen LogP contribution in [0, 0.1) is 0 Å². The van der Waals surface area contributed by atoms with Crippen molar-refractivity contribution >= 4 is 10.9 Å². The number of hydrogen-bond donors (Lipinski definition) is 1. The summed E-state index contributed by atoms with van der Waals surface area (Å²) < 4.78 is 2.05. The maximum atomic E-state index is 9.57. The van der Waals surface area contributed by atoms with Crippen LogP contribution in [0.4, 0.5) is 0 Å². The molecular formula is C12H13NO. The Labute approximate surface area is 83.1 Å². The minimum absolute atomic E-state index is 0.570. The SMILES string of the molecule is C=CC(O)c1ccc2c(ccn2C)c1. The van der Waals surface area contributed by atoms with Crippen LogP contribution in [0.15, 0.2) is 43.1 Å². The Hall–Kier alpha value is -1.54. The van der Waals surface area contributed by atoms with Crippen molar-refractivity contribution in [3.8, 4) is 0 Å². The second-order valence-corrected chi connectivity index (χ2v) is 3.43. The predicted molar refractivity (Wildman–Crippen MR) is 58.1 cm³/mol. The molecule has 2 rings (SSSR count). The smallest absolute Gasteiger partial charge is 0.0969 e. The van der Waals surface area contributed by atoms with Crippen molar-refractivity contribution in [2.24, 2.45) is 7.05 Å². The first-order valence-electron chi connectivity index (χ1n) is 4.58. The van der Waals surface area contributed by atoms with Crippen molar-refractivity contribution in [2.45, 2.75) is 6.10 Å². The van der Waals surface area contributed by atoms with Crippen molar-refractivity contribution in [1.29, 1.82) is 0 Å². The molecule has 0 aliphatic heterocycles. The van der Waals surface area contributed by atoms with E-state index in [4.69, 9.17) is 0 Å². The molecule has 1 heterocycles. The van der Waals surface area contributed by atoms with Gasteiger partial charge in [0, 0.05) is 18.8 Å². The first kappa shape index (κ1) is 9.03. The molecule has 0 bridgehead atoms. The molecule has 1 N–H and O–H groups in total. The third kappa shape index (κ3) is 1.34. The molecule has 2 nitrogen and oxygen atoms in total. The van der Waals surface area contributed by atoms with Gasteiger partial charge in [-0.2, -0.15) is 0 Å². The van der Waals surface area contributed by atoms with Crippen molar-refractivity contribution in [3.63, 3.8) is 0 Å². The highest BCUT2D eigenvalue weighted by Crippen LogP contribution is 2.21. The number of rotatable bonds is 2. The number of aliphatic hydroxyl groups is 1. The number of fused-ring (bicyclic) bond motifs is 1. The summed E-state index contributed by atoms with van der Waals surface area (Å²) in [6.07, 6.45) is 2.97. The number of benzene rings is 1. The summed E-state index contributed by atoms with van der Waals surface area (Å²) in [5.74, 6) is 0. The Balaban J connectivity index is 2.57. The van der Waals surface area contributed by atoms with Crippen molar-refractivity contribution in [1.82, 2.24) is 4.57 Å². The van der Waals surface area contributed by atoms with Gasteiger partial charge in [-0.15, -0.1) is 6.58 Å². The van der Waals surface area contributed by atoms with E-state index in [0.717, 1.165) is 10.9 Å². The minimum Gasteiger partial charge on any atom is -0.384 e. The summed E-state index contributed by atoms with van der Waals surface area (Å²) >= 11 is 0. The van der Waals surface area contributed by atoms with E-state index in [1.165, 1.54) is 11.6 Å². The van der Waals surface area contributed by atoms with E-state index in [2.05, 4.69) is 11.1 Å². The molecule has 1 atom stereocenters. The Morgan fingerprint density at radius 1 is 1.43 bits per heavy atom. The Bertz CT molecular complexity index is 470. The van der Waals surface area contributed by atoms with Crippen LogP contribution in [0.1, 0.15) is 11.7 Å². The van der Waals surface area contributed by atoms with Crippen LogP contribution in [0.2, 0.25) is 0 Å². The fourth-order valence-electron chi connectivity index (χ4n) is 1.62. The average molecular weight is 187 g/mol. The number of aromatic nitrogens is 1. The number of aryl methyl sites for hydroxylation is 1. The molecule has 0 saturated heterocycles. The monoisotopic (exact) mass is 187 g/mol. The maximum Gasteiger partial charge on any atom is 0.0969 e. The lowest BCUT2D eigenvalue weighted by Crippen LogP contribution is -1.92. The van der Waals surface area contributed by atoms with Crippen LogP contribution >= 0.6 is 0 Å². The van der Waals surface area contributed by atoms with Gasteiger partial charge in [-0.05, 0) is 29.1 Å². The van der Waals surface area contributed by atoms with Gasteiger partial charge >= 0.3 is 0 Å². The van der Waals surface area contributed by atoms with Crippen LogP contribution in [-0.4, -0.2) is 9.67 Å². The highest BCUT2D eigenvalue weighted by atomic mass is 16.3. The zero-order valence-corrected chi connectivity index (χ0v) is 8.14. The zero-order chi connectivity index (χ0) is 10.1. The molecule has 0 spiro atoms. The van der Waals surface area contributed by atoms with Crippen molar-refractivity contribution in [2.75, 3.05) is 0 Å². The topological polar surface area (TPSA) is 25.2 Å². The van der Waals surface area contributed by atoms with Gasteiger partial charge in [0.05, 0.1) is 6.10 Å². The second kappa shape index (κ2) is 3.31. The number of nitrogens with zero attached hydrogens (tertiary/aromatic N) is 1. The highest BCUT2D eigenvalue weighted by Gasteiger charge is 2.04. The summed E-state index contributed by atoms with van der Waals surface area (Å²) in [6, 6.07) is 7.96. The molecule has 2 aromatic rings. The molecule has 2 heteroatoms. The van der Waals surface area contributed by atoms with E-state index in [1.807, 2.05) is 37.5 Å². The van der Waals surface area contributed by atoms with Gasteiger partial charge in [-0.3, -0.25) is 0 Å². The lowest BCUT2D eigenvalue weighted by Gasteiger charge is -2.05. The molecular weight excluding hydrogens is 174 g/mol. The Morgan fingerprint density at radius 2 is 2.21 bits per heavy atom. The van der Waals surface area contributed by atoms with Gasteiger partial charge in [0.25, 0.3) is 0 Å². The fourth-order valence-corrected chi connectivity index (χ4v) is 1.62. The predicted octanol–water partition coefficient (Wildman–Crippen LogP) is 2.40. The zero-order valence-electron chi connectivity index (χ0n) is 8.14. The van der Waals surface area contributed by atoms with E-state index in [-0.39, 0.29) is 0 Å². The van der Waals surface area contributed by atoms with Crippen LogP contribution in [0.5, 0.6) is 0 Å². The maximum absolute atomic E-state index is 9.57. The standard InChI is InChI=1S/C12H13NO/c1-3-12(14)10-4-5-11-9(8-10)6-7-13(11)2/h3-8,12,14H,1H2,2H3. The summed E-state index contributed by atoms with van der Waals surface area (Å²) in [5.41, 5.74) is 2.06. The molecule has 0 fully saturated rings. The number of aliphatic hydroxyl groups excluding tert-OH is 1. The first-order valence-corrected chi connectivity index (χ1v) is 4.58. The van der Waals surface area contributed by atoms with E-state index >= 15 is 0 Å². The minimum atomic E-state index is -0.570. The van der Waals surface area contributed by atoms with Gasteiger partial charge in [0.15, 0.2) is 0 Å². The number of hydrogen-bond acceptors (Lipinski definition) is 1. The molecule has 1 aromatic heterocycles. The fraction of sp³-hybridized carbons (Fsp3) is 0.167. The molecule has 72 valence electrons. The summed E-state index contributed by atoms with van der Waals surface area (Å²) in [7, 11) is 2.01. The summed E-state index contributed by atoms with van der Waals surface area (Å²) in [5, 5.41) is 10.7. The molecule has 0 amide bonds. The average Bonchev–Trinajstić information content (AvgIpc) is 2.59. The lowest BCUT2D eigenvalue weighted by molar-refractivity contribution is 0.229. The molecule has 1 unspecified atom stereocenters. The molecule has 0 radical (unpaired) electrons. The Kier molecular flexibility index (Phi) is 2.14. The van der Waals surface area contributed by atoms with Gasteiger partial charge in [0.2, 0.25) is 0 Å². The van der Waals surface area contributed by atoms with Gasteiger partial charge < -0.3 is 9.67 Å². The van der Waals surface area contributed by atoms with Gasteiger partial charge in [-0.25, -0.2) is 0 Å². The molecule has 14 heavy (non-hydrogen) atoms. The van der Waals surface area contributed by atoms with Crippen LogP contribution < -0.4 is 0 Å². The molecule has 0 aliphatic carbocycles. The van der Waals surface area contributed by atoms with Crippen LogP contribution in [0.25, 0.3) is 10.9 Å². The molecule has 0 saturated carbocycles. The molecule has 0 aliphatic rings. The van der Waals surface area contributed by atoms with Crippen molar-refractivity contribution < 1.29 is 5.11 Å². The summed E-state index contributed by atoms with van der Waals surface area (Å²) in [6.45, 7) is 3.57. The highest BCUT2D eigenvalue weighted by molar-refractivity contribution is 5.80. The first-order chi connectivity index (χ1) is 6.72. The second-order valence-electron chi connectivity index (χ2n) is 3.43. The Morgan fingerprint density at radius 3 is 2.93 bits per heavy atom. The van der Waals surface area contributed by atoms with E-state index in [0.29, 0.717) is 0 Å². The quantitative estimate of drug-likeness (QED) is 0.717. The van der Waals surface area contributed by atoms with E-state index < -0.39 is 6.10 Å². The van der Waals surface area contributed by atoms with Gasteiger partial charge in [0.1, 0.15) is 0 Å². The van der Waals surface area contributed by atoms with Crippen LogP contribution in [0.3, 0.4) is 0 Å². The van der Waals surface area contributed by atoms with E-state index in [1.54, 1.807) is 0 Å². The third-order valence-electron chi connectivity index (χ3n) is 2.47. The molecule has 1 aromatic carbocycles. The normalized spacial score (nSPS) is 13.0. The van der Waals surface area contributed by atoms with Gasteiger partial charge in [-0.1, -0.05) is 12.1 Å². The van der Waals surface area contributed by atoms with Crippen LogP contribution in [-0.2, 0) is 7.05 Å². The largest absolute Gasteiger partial charge is 0.384 e. The summed E-state index contributed by atoms with van der Waals surface area (Å²) in [4.78, 5) is 0. The third-order valence-corrected chi connectivity index (χ3v) is 2.47.